The van der Waals surface area contributed by atoms with Crippen LogP contribution in [0.3, 0.4) is 0 Å². The Hall–Kier alpha value is -1.89. The zero-order valence-electron chi connectivity index (χ0n) is 10.4. The topological polar surface area (TPSA) is 66.4 Å². The molecule has 0 saturated heterocycles. The van der Waals surface area contributed by atoms with Crippen molar-refractivity contribution in [1.82, 2.24) is 0 Å². The molecule has 0 fully saturated rings. The van der Waals surface area contributed by atoms with Gasteiger partial charge in [-0.1, -0.05) is 29.8 Å². The van der Waals surface area contributed by atoms with Crippen molar-refractivity contribution in [2.75, 3.05) is 5.32 Å². The number of thiophene rings is 2. The number of carboxylic acids is 1. The van der Waals surface area contributed by atoms with Crippen molar-refractivity contribution in [2.45, 2.75) is 0 Å². The number of amides is 1. The molecule has 106 valence electrons. The van der Waals surface area contributed by atoms with Crippen molar-refractivity contribution in [2.24, 2.45) is 0 Å². The van der Waals surface area contributed by atoms with Gasteiger partial charge in [0.05, 0.1) is 10.0 Å². The average molecular weight is 338 g/mol. The Morgan fingerprint density at radius 3 is 2.52 bits per heavy atom. The molecule has 0 aliphatic carbocycles. The number of aromatic carboxylic acids is 1. The number of hydrogen-bond donors (Lipinski definition) is 2. The van der Waals surface area contributed by atoms with E-state index in [1.54, 1.807) is 6.07 Å². The highest BCUT2D eigenvalue weighted by molar-refractivity contribution is 7.22. The summed E-state index contributed by atoms with van der Waals surface area (Å²) >= 11 is 8.55. The maximum absolute atomic E-state index is 12.3. The zero-order valence-corrected chi connectivity index (χ0v) is 12.8. The molecule has 3 aromatic rings. The highest BCUT2D eigenvalue weighted by atomic mass is 35.5. The van der Waals surface area contributed by atoms with Crippen LogP contribution in [0.25, 0.3) is 10.1 Å². The first-order valence-electron chi connectivity index (χ1n) is 5.88. The number of hydrogen-bond acceptors (Lipinski definition) is 4. The van der Waals surface area contributed by atoms with Gasteiger partial charge in [-0.05, 0) is 18.2 Å². The van der Waals surface area contributed by atoms with Crippen molar-refractivity contribution in [3.63, 3.8) is 0 Å². The van der Waals surface area contributed by atoms with Crippen LogP contribution >= 0.6 is 34.3 Å². The van der Waals surface area contributed by atoms with E-state index < -0.39 is 5.97 Å². The first-order chi connectivity index (χ1) is 10.1. The number of rotatable bonds is 3. The minimum atomic E-state index is -1.01. The van der Waals surface area contributed by atoms with Gasteiger partial charge in [0.15, 0.2) is 0 Å². The minimum Gasteiger partial charge on any atom is -0.477 e. The highest BCUT2D eigenvalue weighted by Crippen LogP contribution is 2.35. The van der Waals surface area contributed by atoms with E-state index in [0.29, 0.717) is 14.9 Å². The van der Waals surface area contributed by atoms with E-state index in [9.17, 15) is 9.59 Å². The standard InChI is InChI=1S/C14H8ClNO3S2/c15-11-7-3-1-2-4-8(7)21-12(11)13(17)16-10-6-5-9(20-10)14(18)19/h1-6H,(H,16,17)(H,18,19). The van der Waals surface area contributed by atoms with Gasteiger partial charge in [-0.25, -0.2) is 4.79 Å². The molecule has 2 N–H and O–H groups in total. The number of nitrogens with one attached hydrogen (secondary N) is 1. The van der Waals surface area contributed by atoms with Crippen LogP contribution < -0.4 is 5.32 Å². The normalized spacial score (nSPS) is 10.7. The van der Waals surface area contributed by atoms with E-state index in [1.807, 2.05) is 24.3 Å². The van der Waals surface area contributed by atoms with Gasteiger partial charge >= 0.3 is 5.97 Å². The lowest BCUT2D eigenvalue weighted by Gasteiger charge is -2.00. The fourth-order valence-corrected chi connectivity index (χ4v) is 4.00. The lowest BCUT2D eigenvalue weighted by Crippen LogP contribution is -2.09. The maximum atomic E-state index is 12.3. The Bertz CT molecular complexity index is 853. The molecule has 1 aromatic carbocycles. The summed E-state index contributed by atoms with van der Waals surface area (Å²) in [6, 6.07) is 10.5. The Morgan fingerprint density at radius 1 is 1.10 bits per heavy atom. The summed E-state index contributed by atoms with van der Waals surface area (Å²) in [7, 11) is 0. The Balaban J connectivity index is 1.89. The second kappa shape index (κ2) is 5.48. The molecule has 0 aliphatic heterocycles. The van der Waals surface area contributed by atoms with Crippen molar-refractivity contribution in [3.05, 3.63) is 51.2 Å². The van der Waals surface area contributed by atoms with Gasteiger partial charge in [0.1, 0.15) is 9.75 Å². The van der Waals surface area contributed by atoms with Gasteiger partial charge in [-0.2, -0.15) is 0 Å². The van der Waals surface area contributed by atoms with E-state index in [2.05, 4.69) is 5.32 Å². The lowest BCUT2D eigenvalue weighted by molar-refractivity contribution is 0.0702. The number of benzene rings is 1. The number of carbonyl (C=O) groups excluding carboxylic acids is 1. The van der Waals surface area contributed by atoms with Gasteiger partial charge in [-0.15, -0.1) is 22.7 Å². The number of carbonyl (C=O) groups is 2. The second-order valence-corrected chi connectivity index (χ2v) is 6.68. The number of fused-ring (bicyclic) bond motifs is 1. The van der Waals surface area contributed by atoms with Crippen LogP contribution in [-0.2, 0) is 0 Å². The van der Waals surface area contributed by atoms with Crippen molar-refractivity contribution < 1.29 is 14.7 Å². The third-order valence-corrected chi connectivity index (χ3v) is 5.46. The van der Waals surface area contributed by atoms with Crippen LogP contribution in [0.2, 0.25) is 5.02 Å². The predicted octanol–water partition coefficient (Wildman–Crippen LogP) is 4.57. The molecule has 7 heteroatoms. The third-order valence-electron chi connectivity index (χ3n) is 2.79. The molecule has 4 nitrogen and oxygen atoms in total. The third kappa shape index (κ3) is 2.65. The Kier molecular flexibility index (Phi) is 3.67. The quantitative estimate of drug-likeness (QED) is 0.735. The fraction of sp³-hybridized carbons (Fsp3) is 0. The predicted molar refractivity (Wildman–Crippen MR) is 86.1 cm³/mol. The number of halogens is 1. The van der Waals surface area contributed by atoms with Crippen molar-refractivity contribution in [3.8, 4) is 0 Å². The summed E-state index contributed by atoms with van der Waals surface area (Å²) in [4.78, 5) is 23.7. The first kappa shape index (κ1) is 14.1. The highest BCUT2D eigenvalue weighted by Gasteiger charge is 2.18. The molecule has 3 rings (SSSR count). The van der Waals surface area contributed by atoms with E-state index in [-0.39, 0.29) is 10.8 Å². The first-order valence-corrected chi connectivity index (χ1v) is 7.89. The molecule has 2 heterocycles. The fourth-order valence-electron chi connectivity index (χ4n) is 1.85. The Morgan fingerprint density at radius 2 is 1.86 bits per heavy atom. The second-order valence-electron chi connectivity index (χ2n) is 4.16. The van der Waals surface area contributed by atoms with E-state index >= 15 is 0 Å². The summed E-state index contributed by atoms with van der Waals surface area (Å²) in [6.07, 6.45) is 0. The molecule has 0 saturated carbocycles. The van der Waals surface area contributed by atoms with Crippen LogP contribution in [0.1, 0.15) is 19.3 Å². The van der Waals surface area contributed by atoms with Gasteiger partial charge in [0.25, 0.3) is 5.91 Å². The minimum absolute atomic E-state index is 0.174. The van der Waals surface area contributed by atoms with Crippen molar-refractivity contribution >= 4 is 61.2 Å². The zero-order chi connectivity index (χ0) is 15.0. The van der Waals surface area contributed by atoms with Crippen LogP contribution in [0.4, 0.5) is 5.00 Å². The summed E-state index contributed by atoms with van der Waals surface area (Å²) in [6.45, 7) is 0. The molecule has 0 aliphatic rings. The molecule has 0 radical (unpaired) electrons. The van der Waals surface area contributed by atoms with Gasteiger partial charge in [0.2, 0.25) is 0 Å². The molecule has 0 spiro atoms. The van der Waals surface area contributed by atoms with Gasteiger partial charge in [0, 0.05) is 10.1 Å². The monoisotopic (exact) mass is 337 g/mol. The molecular formula is C14H8ClNO3S2. The average Bonchev–Trinajstić information content (AvgIpc) is 3.05. The Labute approximate surface area is 132 Å². The van der Waals surface area contributed by atoms with Crippen LogP contribution in [0.15, 0.2) is 36.4 Å². The number of carboxylic acid groups (broad SMARTS) is 1. The van der Waals surface area contributed by atoms with Gasteiger partial charge < -0.3 is 10.4 Å². The van der Waals surface area contributed by atoms with Gasteiger partial charge in [-0.3, -0.25) is 4.79 Å². The van der Waals surface area contributed by atoms with Crippen molar-refractivity contribution in [1.29, 1.82) is 0 Å². The molecular weight excluding hydrogens is 330 g/mol. The lowest BCUT2D eigenvalue weighted by atomic mass is 10.2. The SMILES string of the molecule is O=C(O)c1ccc(NC(=O)c2sc3ccccc3c2Cl)s1. The largest absolute Gasteiger partial charge is 0.477 e. The maximum Gasteiger partial charge on any atom is 0.345 e. The summed E-state index contributed by atoms with van der Waals surface area (Å²) in [5.74, 6) is -1.35. The molecule has 1 amide bonds. The summed E-state index contributed by atoms with van der Waals surface area (Å²) in [5, 5.41) is 13.3. The van der Waals surface area contributed by atoms with Crippen LogP contribution in [0, 0.1) is 0 Å². The van der Waals surface area contributed by atoms with Crippen LogP contribution in [0.5, 0.6) is 0 Å². The van der Waals surface area contributed by atoms with Crippen LogP contribution in [-0.4, -0.2) is 17.0 Å². The van der Waals surface area contributed by atoms with E-state index in [4.69, 9.17) is 16.7 Å². The number of anilines is 1. The summed E-state index contributed by atoms with van der Waals surface area (Å²) < 4.78 is 0.935. The molecule has 21 heavy (non-hydrogen) atoms. The smallest absolute Gasteiger partial charge is 0.345 e. The molecule has 0 unspecified atom stereocenters. The van der Waals surface area contributed by atoms with E-state index in [1.165, 1.54) is 17.4 Å². The molecule has 0 atom stereocenters. The van der Waals surface area contributed by atoms with E-state index in [0.717, 1.165) is 21.4 Å². The molecule has 0 bridgehead atoms. The summed E-state index contributed by atoms with van der Waals surface area (Å²) in [5.41, 5.74) is 0. The molecule has 2 aromatic heterocycles.